The van der Waals surface area contributed by atoms with Crippen molar-refractivity contribution in [1.82, 2.24) is 4.72 Å². The maximum atomic E-state index is 12.0. The topological polar surface area (TPSA) is 46.2 Å². The lowest BCUT2D eigenvalue weighted by Crippen LogP contribution is -2.24. The highest BCUT2D eigenvalue weighted by molar-refractivity contribution is 7.89. The number of unbranched alkanes of at least 4 members (excludes halogenated alkanes) is 11. The van der Waals surface area contributed by atoms with Gasteiger partial charge >= 0.3 is 0 Å². The number of benzene rings is 1. The van der Waals surface area contributed by atoms with Gasteiger partial charge in [0, 0.05) is 6.54 Å². The molecule has 0 radical (unpaired) electrons. The summed E-state index contributed by atoms with van der Waals surface area (Å²) in [6.45, 7) is 2.79. The van der Waals surface area contributed by atoms with Gasteiger partial charge in [-0.05, 0) is 18.6 Å². The SMILES string of the molecule is CCCCCCCCCCCCCCNS(=O)(=O)c1ccccc1. The molecular formula is C20H35NO2S. The molecular weight excluding hydrogens is 318 g/mol. The second-order valence-corrected chi connectivity index (χ2v) is 8.37. The quantitative estimate of drug-likeness (QED) is 0.413. The van der Waals surface area contributed by atoms with E-state index in [4.69, 9.17) is 0 Å². The van der Waals surface area contributed by atoms with Crippen molar-refractivity contribution in [2.24, 2.45) is 0 Å². The lowest BCUT2D eigenvalue weighted by Gasteiger charge is -2.06. The van der Waals surface area contributed by atoms with Gasteiger partial charge in [-0.3, -0.25) is 0 Å². The van der Waals surface area contributed by atoms with Gasteiger partial charge < -0.3 is 0 Å². The predicted octanol–water partition coefficient (Wildman–Crippen LogP) is 5.67. The van der Waals surface area contributed by atoms with Gasteiger partial charge in [0.2, 0.25) is 10.0 Å². The molecule has 1 rings (SSSR count). The Bertz CT molecular complexity index is 500. The van der Waals surface area contributed by atoms with Gasteiger partial charge in [0.25, 0.3) is 0 Å². The van der Waals surface area contributed by atoms with Crippen molar-refractivity contribution in [2.45, 2.75) is 88.9 Å². The highest BCUT2D eigenvalue weighted by Gasteiger charge is 2.11. The lowest BCUT2D eigenvalue weighted by molar-refractivity contribution is 0.540. The van der Waals surface area contributed by atoms with Gasteiger partial charge in [0.05, 0.1) is 4.90 Å². The molecule has 138 valence electrons. The van der Waals surface area contributed by atoms with Crippen LogP contribution in [0.15, 0.2) is 35.2 Å². The molecule has 0 aliphatic carbocycles. The van der Waals surface area contributed by atoms with Crippen LogP contribution in [0.4, 0.5) is 0 Å². The molecule has 0 saturated carbocycles. The van der Waals surface area contributed by atoms with E-state index in [9.17, 15) is 8.42 Å². The largest absolute Gasteiger partial charge is 0.240 e. The fourth-order valence-electron chi connectivity index (χ4n) is 2.86. The summed E-state index contributed by atoms with van der Waals surface area (Å²) >= 11 is 0. The van der Waals surface area contributed by atoms with E-state index in [-0.39, 0.29) is 0 Å². The van der Waals surface area contributed by atoms with Crippen LogP contribution in [-0.2, 0) is 10.0 Å². The van der Waals surface area contributed by atoms with Crippen LogP contribution in [0.2, 0.25) is 0 Å². The van der Waals surface area contributed by atoms with Gasteiger partial charge in [0.1, 0.15) is 0 Å². The summed E-state index contributed by atoms with van der Waals surface area (Å²) in [4.78, 5) is 0.351. The highest BCUT2D eigenvalue weighted by atomic mass is 32.2. The summed E-state index contributed by atoms with van der Waals surface area (Å²) in [7, 11) is -3.32. The van der Waals surface area contributed by atoms with Gasteiger partial charge in [-0.25, -0.2) is 13.1 Å². The first-order valence-electron chi connectivity index (χ1n) is 9.71. The number of sulfonamides is 1. The summed E-state index contributed by atoms with van der Waals surface area (Å²) in [6.07, 6.45) is 15.5. The first-order valence-corrected chi connectivity index (χ1v) is 11.2. The molecule has 0 atom stereocenters. The van der Waals surface area contributed by atoms with Crippen LogP contribution in [0.1, 0.15) is 84.0 Å². The Morgan fingerprint density at radius 3 is 1.67 bits per heavy atom. The summed E-state index contributed by atoms with van der Waals surface area (Å²) in [5.41, 5.74) is 0. The Labute approximate surface area is 149 Å². The van der Waals surface area contributed by atoms with Gasteiger partial charge in [-0.2, -0.15) is 0 Å². The third-order valence-corrected chi connectivity index (χ3v) is 5.85. The molecule has 0 aliphatic rings. The minimum Gasteiger partial charge on any atom is -0.211 e. The summed E-state index contributed by atoms with van der Waals surface area (Å²) in [6, 6.07) is 8.58. The van der Waals surface area contributed by atoms with Gasteiger partial charge in [-0.15, -0.1) is 0 Å². The Balaban J connectivity index is 1.92. The fourth-order valence-corrected chi connectivity index (χ4v) is 3.95. The first kappa shape index (κ1) is 21.2. The van der Waals surface area contributed by atoms with Crippen LogP contribution in [0.25, 0.3) is 0 Å². The van der Waals surface area contributed by atoms with E-state index in [0.29, 0.717) is 11.4 Å². The molecule has 0 aliphatic heterocycles. The molecule has 1 N–H and O–H groups in total. The maximum Gasteiger partial charge on any atom is 0.240 e. The number of rotatable bonds is 15. The van der Waals surface area contributed by atoms with Crippen LogP contribution >= 0.6 is 0 Å². The molecule has 0 unspecified atom stereocenters. The zero-order valence-electron chi connectivity index (χ0n) is 15.3. The Morgan fingerprint density at radius 2 is 1.17 bits per heavy atom. The van der Waals surface area contributed by atoms with E-state index in [1.54, 1.807) is 24.3 Å². The van der Waals surface area contributed by atoms with Crippen LogP contribution in [0.3, 0.4) is 0 Å². The summed E-state index contributed by atoms with van der Waals surface area (Å²) < 4.78 is 26.7. The highest BCUT2D eigenvalue weighted by Crippen LogP contribution is 2.12. The molecule has 0 fully saturated rings. The zero-order chi connectivity index (χ0) is 17.5. The molecule has 24 heavy (non-hydrogen) atoms. The van der Waals surface area contributed by atoms with Gasteiger partial charge in [0.15, 0.2) is 0 Å². The van der Waals surface area contributed by atoms with Crippen molar-refractivity contribution in [3.05, 3.63) is 30.3 Å². The summed E-state index contributed by atoms with van der Waals surface area (Å²) in [5.74, 6) is 0. The average molecular weight is 354 g/mol. The van der Waals surface area contributed by atoms with E-state index in [2.05, 4.69) is 11.6 Å². The average Bonchev–Trinajstić information content (AvgIpc) is 2.60. The second-order valence-electron chi connectivity index (χ2n) is 6.60. The standard InChI is InChI=1S/C20H35NO2S/c1-2-3-4-5-6-7-8-9-10-11-12-16-19-21-24(22,23)20-17-14-13-15-18-20/h13-15,17-18,21H,2-12,16,19H2,1H3. The number of hydrogen-bond acceptors (Lipinski definition) is 2. The Hall–Kier alpha value is -0.870. The number of hydrogen-bond donors (Lipinski definition) is 1. The first-order chi connectivity index (χ1) is 11.7. The van der Waals surface area contributed by atoms with E-state index in [1.807, 2.05) is 6.07 Å². The maximum absolute atomic E-state index is 12.0. The smallest absolute Gasteiger partial charge is 0.211 e. The van der Waals surface area contributed by atoms with Crippen LogP contribution < -0.4 is 4.72 Å². The van der Waals surface area contributed by atoms with Crippen molar-refractivity contribution in [3.8, 4) is 0 Å². The molecule has 1 aromatic rings. The third-order valence-electron chi connectivity index (χ3n) is 4.38. The predicted molar refractivity (Wildman–Crippen MR) is 103 cm³/mol. The normalized spacial score (nSPS) is 11.7. The van der Waals surface area contributed by atoms with E-state index in [1.165, 1.54) is 64.2 Å². The monoisotopic (exact) mass is 353 g/mol. The zero-order valence-corrected chi connectivity index (χ0v) is 16.1. The van der Waals surface area contributed by atoms with Crippen LogP contribution in [-0.4, -0.2) is 15.0 Å². The van der Waals surface area contributed by atoms with Crippen molar-refractivity contribution < 1.29 is 8.42 Å². The van der Waals surface area contributed by atoms with Crippen molar-refractivity contribution in [1.29, 1.82) is 0 Å². The molecule has 0 saturated heterocycles. The molecule has 0 spiro atoms. The van der Waals surface area contributed by atoms with Crippen LogP contribution in [0, 0.1) is 0 Å². The summed E-state index contributed by atoms with van der Waals surface area (Å²) in [5, 5.41) is 0. The van der Waals surface area contributed by atoms with Gasteiger partial charge in [-0.1, -0.05) is 95.8 Å². The van der Waals surface area contributed by atoms with E-state index >= 15 is 0 Å². The molecule has 4 heteroatoms. The van der Waals surface area contributed by atoms with E-state index < -0.39 is 10.0 Å². The van der Waals surface area contributed by atoms with Crippen LogP contribution in [0.5, 0.6) is 0 Å². The Kier molecular flexibility index (Phi) is 11.8. The van der Waals surface area contributed by atoms with E-state index in [0.717, 1.165) is 12.8 Å². The van der Waals surface area contributed by atoms with Crippen molar-refractivity contribution in [3.63, 3.8) is 0 Å². The number of nitrogens with one attached hydrogen (secondary N) is 1. The minimum absolute atomic E-state index is 0.351. The molecule has 0 aromatic heterocycles. The molecule has 0 bridgehead atoms. The molecule has 0 amide bonds. The van der Waals surface area contributed by atoms with Crippen molar-refractivity contribution in [2.75, 3.05) is 6.54 Å². The lowest BCUT2D eigenvalue weighted by atomic mass is 10.1. The Morgan fingerprint density at radius 1 is 0.708 bits per heavy atom. The minimum atomic E-state index is -3.32. The molecule has 0 heterocycles. The molecule has 1 aromatic carbocycles. The fraction of sp³-hybridized carbons (Fsp3) is 0.700. The third kappa shape index (κ3) is 10.1. The second kappa shape index (κ2) is 13.4. The van der Waals surface area contributed by atoms with Crippen molar-refractivity contribution >= 4 is 10.0 Å². The molecule has 3 nitrogen and oxygen atoms in total.